The summed E-state index contributed by atoms with van der Waals surface area (Å²) in [4.78, 5) is 19.6. The van der Waals surface area contributed by atoms with Gasteiger partial charge in [-0.05, 0) is 160 Å². The molecule has 4 atom stereocenters. The summed E-state index contributed by atoms with van der Waals surface area (Å²) in [5.41, 5.74) is 17.2. The molecular formula is C80H55N5. The minimum absolute atomic E-state index is 0.0520. The topological polar surface area (TPSA) is 46.8 Å². The van der Waals surface area contributed by atoms with Crippen molar-refractivity contribution in [1.82, 2.24) is 19.5 Å². The first-order valence-electron chi connectivity index (χ1n) is 30.0. The number of aromatic nitrogens is 4. The Morgan fingerprint density at radius 2 is 1.15 bits per heavy atom. The summed E-state index contributed by atoms with van der Waals surface area (Å²) < 4.78 is 2.27. The second-order valence-corrected chi connectivity index (χ2v) is 23.8. The third-order valence-electron chi connectivity index (χ3n) is 19.1. The van der Waals surface area contributed by atoms with Crippen LogP contribution in [-0.4, -0.2) is 25.6 Å². The molecule has 0 amide bonds. The predicted molar refractivity (Wildman–Crippen MR) is 353 cm³/mol. The number of allylic oxidation sites excluding steroid dienone is 2. The Labute approximate surface area is 492 Å². The number of rotatable bonds is 8. The number of benzene rings is 13. The molecule has 4 unspecified atom stereocenters. The predicted octanol–water partition coefficient (Wildman–Crippen LogP) is 19.2. The van der Waals surface area contributed by atoms with Gasteiger partial charge in [-0.25, -0.2) is 15.0 Å². The zero-order chi connectivity index (χ0) is 55.9. The average molecular weight is 1090 g/mol. The smallest absolute Gasteiger partial charge is 0.160 e. The van der Waals surface area contributed by atoms with E-state index in [0.717, 1.165) is 68.7 Å². The molecule has 0 radical (unpaired) electrons. The highest BCUT2D eigenvalue weighted by molar-refractivity contribution is 6.26. The number of anilines is 2. The van der Waals surface area contributed by atoms with Gasteiger partial charge in [-0.1, -0.05) is 219 Å². The van der Waals surface area contributed by atoms with E-state index in [2.05, 4.69) is 283 Å². The van der Waals surface area contributed by atoms with Crippen molar-refractivity contribution in [3.63, 3.8) is 0 Å². The minimum atomic E-state index is -0.0520. The zero-order valence-corrected chi connectivity index (χ0v) is 46.9. The molecule has 5 nitrogen and oxygen atoms in total. The van der Waals surface area contributed by atoms with Crippen LogP contribution in [0.2, 0.25) is 0 Å². The van der Waals surface area contributed by atoms with Crippen LogP contribution >= 0.6 is 0 Å². The SMILES string of the molecule is CC1C=C(C2Cc3ccccc3N2c2ccccc2)C=CC1c1nc(-c2ccc(-c3nc4ccccc4n3-c3ccccc3)cc2)nc2c(-c3ccc4ccc5cccc6ccc3c4c56)cc(C3CC=c4ccc5cccc6ccc3c4c65)cc12. The Kier molecular flexibility index (Phi) is 10.6. The molecule has 0 saturated heterocycles. The van der Waals surface area contributed by atoms with Gasteiger partial charge in [0.05, 0.1) is 28.3 Å². The van der Waals surface area contributed by atoms with E-state index < -0.39 is 0 Å². The van der Waals surface area contributed by atoms with E-state index in [9.17, 15) is 0 Å². The molecule has 2 aromatic heterocycles. The van der Waals surface area contributed by atoms with Crippen LogP contribution in [0, 0.1) is 5.92 Å². The van der Waals surface area contributed by atoms with E-state index in [1.54, 1.807) is 0 Å². The van der Waals surface area contributed by atoms with Crippen LogP contribution in [0.1, 0.15) is 47.6 Å². The number of fused-ring (bicyclic) bond motifs is 3. The van der Waals surface area contributed by atoms with Crippen molar-refractivity contribution in [2.75, 3.05) is 4.90 Å². The molecule has 0 N–H and O–H groups in total. The Hall–Kier alpha value is -10.5. The lowest BCUT2D eigenvalue weighted by molar-refractivity contribution is 0.609. The molecule has 85 heavy (non-hydrogen) atoms. The van der Waals surface area contributed by atoms with Gasteiger partial charge in [0.15, 0.2) is 5.82 Å². The van der Waals surface area contributed by atoms with Crippen LogP contribution < -0.4 is 10.1 Å². The van der Waals surface area contributed by atoms with Crippen molar-refractivity contribution >= 4 is 93.2 Å². The highest BCUT2D eigenvalue weighted by Gasteiger charge is 2.35. The number of nitrogens with zero attached hydrogens (tertiary/aromatic N) is 5. The number of para-hydroxylation sites is 5. The molecule has 400 valence electrons. The second kappa shape index (κ2) is 18.8. The molecule has 0 spiro atoms. The van der Waals surface area contributed by atoms with E-state index in [-0.39, 0.29) is 23.8 Å². The van der Waals surface area contributed by atoms with Crippen molar-refractivity contribution in [1.29, 1.82) is 0 Å². The Morgan fingerprint density at radius 1 is 0.494 bits per heavy atom. The number of hydrogen-bond donors (Lipinski definition) is 0. The molecule has 18 rings (SSSR count). The van der Waals surface area contributed by atoms with Gasteiger partial charge in [0.1, 0.15) is 5.82 Å². The van der Waals surface area contributed by atoms with Crippen molar-refractivity contribution < 1.29 is 0 Å². The maximum atomic E-state index is 5.89. The summed E-state index contributed by atoms with van der Waals surface area (Å²) in [5.74, 6) is 1.75. The summed E-state index contributed by atoms with van der Waals surface area (Å²) >= 11 is 0. The molecule has 2 aliphatic carbocycles. The van der Waals surface area contributed by atoms with Gasteiger partial charge in [0.2, 0.25) is 0 Å². The maximum Gasteiger partial charge on any atom is 0.160 e. The highest BCUT2D eigenvalue weighted by atomic mass is 15.2. The van der Waals surface area contributed by atoms with E-state index in [4.69, 9.17) is 15.0 Å². The van der Waals surface area contributed by atoms with Gasteiger partial charge in [0, 0.05) is 51.0 Å². The summed E-state index contributed by atoms with van der Waals surface area (Å²) in [5, 5.41) is 15.3. The summed E-state index contributed by atoms with van der Waals surface area (Å²) in [6.07, 6.45) is 11.7. The van der Waals surface area contributed by atoms with E-state index in [1.807, 2.05) is 0 Å². The van der Waals surface area contributed by atoms with Crippen LogP contribution in [0.3, 0.4) is 0 Å². The summed E-state index contributed by atoms with van der Waals surface area (Å²) in [6.45, 7) is 2.40. The number of imidazole rings is 1. The van der Waals surface area contributed by atoms with Crippen LogP contribution in [-0.2, 0) is 6.42 Å². The first-order valence-corrected chi connectivity index (χ1v) is 30.0. The maximum absolute atomic E-state index is 5.89. The lowest BCUT2D eigenvalue weighted by Gasteiger charge is -2.32. The van der Waals surface area contributed by atoms with Crippen LogP contribution in [0.25, 0.3) is 121 Å². The summed E-state index contributed by atoms with van der Waals surface area (Å²) in [6, 6.07) is 89.5. The van der Waals surface area contributed by atoms with E-state index >= 15 is 0 Å². The van der Waals surface area contributed by atoms with Gasteiger partial charge in [-0.15, -0.1) is 0 Å². The summed E-state index contributed by atoms with van der Waals surface area (Å²) in [7, 11) is 0. The average Bonchev–Trinajstić information content (AvgIpc) is 2.54. The molecule has 13 aromatic carbocycles. The molecular weight excluding hydrogens is 1030 g/mol. The Morgan fingerprint density at radius 3 is 1.94 bits per heavy atom. The fraction of sp³-hybridized carbons (Fsp3) is 0.0875. The minimum Gasteiger partial charge on any atom is -0.333 e. The van der Waals surface area contributed by atoms with Crippen molar-refractivity contribution in [3.05, 3.63) is 294 Å². The third-order valence-corrected chi connectivity index (χ3v) is 19.1. The van der Waals surface area contributed by atoms with Gasteiger partial charge in [0.25, 0.3) is 0 Å². The Balaban J connectivity index is 0.864. The van der Waals surface area contributed by atoms with Crippen LogP contribution in [0.15, 0.2) is 266 Å². The van der Waals surface area contributed by atoms with Crippen molar-refractivity contribution in [2.45, 2.75) is 37.6 Å². The molecule has 5 heteroatoms. The largest absolute Gasteiger partial charge is 0.333 e. The molecule has 3 aliphatic rings. The van der Waals surface area contributed by atoms with Crippen LogP contribution in [0.5, 0.6) is 0 Å². The normalized spacial score (nSPS) is 17.5. The quantitative estimate of drug-likeness (QED) is 0.142. The fourth-order valence-electron chi connectivity index (χ4n) is 15.1. The Bertz CT molecular complexity index is 5320. The zero-order valence-electron chi connectivity index (χ0n) is 46.9. The fourth-order valence-corrected chi connectivity index (χ4v) is 15.1. The molecule has 15 aromatic rings. The standard InChI is InChI=1S/C80H55N5/c1-48-44-58(72-47-57-14-8-10-24-70(57)84(72)60-19-4-2-5-20-60)38-39-62(48)77-68-46-59(63-40-34-53-28-26-49-15-12-17-51-36-42-65(63)75(53)73(49)51)45-67(64-41-35-54-29-27-50-16-13-18-52-37-43-66(64)76(54)74(50)52)78(68)83-79(82-77)55-30-32-56(33-31-55)80-81-69-23-9-11-25-71(69)85(80)61-21-6-3-7-22-61/h2-39,41-46,48,62-63,72H,40,47H2,1H3. The van der Waals surface area contributed by atoms with E-state index in [0.29, 0.717) is 5.82 Å². The highest BCUT2D eigenvalue weighted by Crippen LogP contribution is 2.49. The van der Waals surface area contributed by atoms with Gasteiger partial charge >= 0.3 is 0 Å². The molecule has 0 saturated carbocycles. The lowest BCUT2D eigenvalue weighted by atomic mass is 9.77. The van der Waals surface area contributed by atoms with Crippen LogP contribution in [0.4, 0.5) is 11.4 Å². The first kappa shape index (κ1) is 48.1. The first-order chi connectivity index (χ1) is 42.0. The molecule has 0 fully saturated rings. The monoisotopic (exact) mass is 1090 g/mol. The lowest BCUT2D eigenvalue weighted by Crippen LogP contribution is -2.30. The van der Waals surface area contributed by atoms with Gasteiger partial charge < -0.3 is 4.90 Å². The van der Waals surface area contributed by atoms with Crippen molar-refractivity contribution in [3.8, 4) is 39.6 Å². The molecule has 3 heterocycles. The van der Waals surface area contributed by atoms with Gasteiger partial charge in [-0.3, -0.25) is 4.57 Å². The number of hydrogen-bond acceptors (Lipinski definition) is 4. The molecule has 0 bridgehead atoms. The van der Waals surface area contributed by atoms with E-state index in [1.165, 1.54) is 98.3 Å². The molecule has 1 aliphatic heterocycles. The second-order valence-electron chi connectivity index (χ2n) is 23.8. The van der Waals surface area contributed by atoms with Crippen molar-refractivity contribution in [2.24, 2.45) is 5.92 Å². The van der Waals surface area contributed by atoms with Gasteiger partial charge in [-0.2, -0.15) is 0 Å². The third kappa shape index (κ3) is 7.46.